The van der Waals surface area contributed by atoms with Gasteiger partial charge in [-0.1, -0.05) is 44.1 Å². The summed E-state index contributed by atoms with van der Waals surface area (Å²) in [5.41, 5.74) is 10.5. The van der Waals surface area contributed by atoms with Crippen LogP contribution in [0, 0.1) is 22.7 Å². The van der Waals surface area contributed by atoms with E-state index in [0.29, 0.717) is 23.0 Å². The summed E-state index contributed by atoms with van der Waals surface area (Å²) in [4.78, 5) is 4.08. The first kappa shape index (κ1) is 23.4. The minimum Gasteiger partial charge on any atom is -0.314 e. The van der Waals surface area contributed by atoms with Crippen LogP contribution in [0.1, 0.15) is 73.1 Å². The van der Waals surface area contributed by atoms with Gasteiger partial charge in [-0.25, -0.2) is 4.90 Å². The highest BCUT2D eigenvalue weighted by Crippen LogP contribution is 2.61. The summed E-state index contributed by atoms with van der Waals surface area (Å²) in [5, 5.41) is 6.98. The fraction of sp³-hybridized carbons (Fsp3) is 0.846. The van der Waals surface area contributed by atoms with E-state index in [1.807, 2.05) is 0 Å². The van der Waals surface area contributed by atoms with Crippen LogP contribution in [-0.4, -0.2) is 50.2 Å². The van der Waals surface area contributed by atoms with Gasteiger partial charge in [-0.3, -0.25) is 10.6 Å². The summed E-state index contributed by atoms with van der Waals surface area (Å²) in [5.74, 6) is 1.65. The predicted octanol–water partition coefficient (Wildman–Crippen LogP) is 2.43. The molecule has 5 N–H and O–H groups in total. The molecule has 8 atom stereocenters. The van der Waals surface area contributed by atoms with Gasteiger partial charge in [-0.2, -0.15) is 0 Å². The Morgan fingerprint density at radius 1 is 1.32 bits per heavy atom. The monoisotopic (exact) mass is 430 g/mol. The first-order valence-corrected chi connectivity index (χ1v) is 12.8. The predicted molar refractivity (Wildman–Crippen MR) is 129 cm³/mol. The SMILES string of the molecule is CC(=CCN1C[NH+](C)C2NCNC(N)C21)CC[C@@]1(C)[C@H](C)CC[C@@]2(C)C(C)=CCC[C@H]12. The molecule has 5 nitrogen and oxygen atoms in total. The van der Waals surface area contributed by atoms with Crippen molar-refractivity contribution < 1.29 is 4.90 Å². The summed E-state index contributed by atoms with van der Waals surface area (Å²) < 4.78 is 0. The summed E-state index contributed by atoms with van der Waals surface area (Å²) in [6, 6.07) is 0.367. The minimum absolute atomic E-state index is 0.0553. The second-order valence-corrected chi connectivity index (χ2v) is 11.8. The van der Waals surface area contributed by atoms with E-state index in [0.717, 1.165) is 31.7 Å². The van der Waals surface area contributed by atoms with Crippen molar-refractivity contribution in [3.8, 4) is 0 Å². The first-order chi connectivity index (χ1) is 14.7. The highest BCUT2D eigenvalue weighted by Gasteiger charge is 2.53. The van der Waals surface area contributed by atoms with Crippen LogP contribution in [0.25, 0.3) is 0 Å². The molecule has 0 aromatic rings. The van der Waals surface area contributed by atoms with E-state index in [1.54, 1.807) is 11.1 Å². The van der Waals surface area contributed by atoms with Crippen LogP contribution in [-0.2, 0) is 0 Å². The van der Waals surface area contributed by atoms with Gasteiger partial charge in [0.15, 0.2) is 6.17 Å². The molecule has 2 aliphatic heterocycles. The smallest absolute Gasteiger partial charge is 0.162 e. The lowest BCUT2D eigenvalue weighted by atomic mass is 9.47. The van der Waals surface area contributed by atoms with Gasteiger partial charge >= 0.3 is 0 Å². The molecule has 2 heterocycles. The number of nitrogens with two attached hydrogens (primary N) is 1. The largest absolute Gasteiger partial charge is 0.314 e. The van der Waals surface area contributed by atoms with Gasteiger partial charge in [-0.15, -0.1) is 0 Å². The zero-order valence-corrected chi connectivity index (χ0v) is 20.9. The van der Waals surface area contributed by atoms with E-state index >= 15 is 0 Å². The van der Waals surface area contributed by atoms with Crippen LogP contribution in [0.3, 0.4) is 0 Å². The van der Waals surface area contributed by atoms with Gasteiger partial charge in [0.25, 0.3) is 0 Å². The highest BCUT2D eigenvalue weighted by atomic mass is 15.5. The summed E-state index contributed by atoms with van der Waals surface area (Å²) in [7, 11) is 2.28. The lowest BCUT2D eigenvalue weighted by Gasteiger charge is -2.58. The molecule has 176 valence electrons. The molecule has 2 aliphatic carbocycles. The quantitative estimate of drug-likeness (QED) is 0.506. The summed E-state index contributed by atoms with van der Waals surface area (Å²) >= 11 is 0. The fourth-order valence-corrected chi connectivity index (χ4v) is 7.52. The second-order valence-electron chi connectivity index (χ2n) is 11.8. The van der Waals surface area contributed by atoms with Gasteiger partial charge in [-0.05, 0) is 75.0 Å². The summed E-state index contributed by atoms with van der Waals surface area (Å²) in [6.45, 7) is 15.3. The standard InChI is InChI=1S/C26H47N5/c1-18(12-15-31-17-30(6)24-22(31)23(27)28-16-29-24)10-13-25(4)20(3)11-14-26(5)19(2)8-7-9-21(25)26/h8,12,20-24,28-29H,7,9-11,13-17,27H2,1-6H3/p+1/t20-,21-,22?,23?,24?,25+,26+/m1/s1. The van der Waals surface area contributed by atoms with Crippen LogP contribution < -0.4 is 21.3 Å². The number of nitrogens with one attached hydrogen (secondary N) is 3. The van der Waals surface area contributed by atoms with Gasteiger partial charge in [0.1, 0.15) is 12.7 Å². The highest BCUT2D eigenvalue weighted by molar-refractivity contribution is 5.21. The lowest BCUT2D eigenvalue weighted by molar-refractivity contribution is -0.900. The Bertz CT molecular complexity index is 717. The molecule has 31 heavy (non-hydrogen) atoms. The van der Waals surface area contributed by atoms with Gasteiger partial charge in [0, 0.05) is 6.54 Å². The number of hydrogen-bond acceptors (Lipinski definition) is 4. The Hall–Kier alpha value is -0.720. The molecule has 4 aliphatic rings. The van der Waals surface area contributed by atoms with E-state index in [2.05, 4.69) is 69.4 Å². The molecule has 0 radical (unpaired) electrons. The van der Waals surface area contributed by atoms with Gasteiger partial charge < -0.3 is 10.6 Å². The number of likely N-dealkylation sites (N-methyl/N-ethyl adjacent to an activating group) is 1. The number of allylic oxidation sites excluding steroid dienone is 3. The number of rotatable bonds is 5. The number of nitrogens with zero attached hydrogens (tertiary/aromatic N) is 1. The molecular weight excluding hydrogens is 382 g/mol. The lowest BCUT2D eigenvalue weighted by Crippen LogP contribution is -3.14. The van der Waals surface area contributed by atoms with Crippen molar-refractivity contribution in [2.45, 2.75) is 91.5 Å². The average molecular weight is 431 g/mol. The minimum atomic E-state index is 0.0553. The van der Waals surface area contributed by atoms with E-state index in [1.165, 1.54) is 43.4 Å². The Labute approximate surface area is 190 Å². The molecule has 3 fully saturated rings. The van der Waals surface area contributed by atoms with Crippen LogP contribution in [0.4, 0.5) is 0 Å². The topological polar surface area (TPSA) is 57.8 Å². The molecule has 4 unspecified atom stereocenters. The maximum Gasteiger partial charge on any atom is 0.162 e. The van der Waals surface area contributed by atoms with Crippen molar-refractivity contribution in [3.63, 3.8) is 0 Å². The maximum absolute atomic E-state index is 6.42. The van der Waals surface area contributed by atoms with Crippen LogP contribution in [0.15, 0.2) is 23.3 Å². The molecule has 0 spiro atoms. The van der Waals surface area contributed by atoms with Crippen molar-refractivity contribution in [1.82, 2.24) is 15.5 Å². The molecule has 1 saturated carbocycles. The summed E-state index contributed by atoms with van der Waals surface area (Å²) in [6.07, 6.45) is 13.5. The zero-order chi connectivity index (χ0) is 22.4. The van der Waals surface area contributed by atoms with E-state index in [9.17, 15) is 0 Å². The Kier molecular flexibility index (Phi) is 6.73. The Morgan fingerprint density at radius 3 is 2.87 bits per heavy atom. The maximum atomic E-state index is 6.42. The molecule has 2 saturated heterocycles. The molecule has 0 aromatic carbocycles. The first-order valence-electron chi connectivity index (χ1n) is 12.8. The molecule has 4 rings (SSSR count). The third kappa shape index (κ3) is 4.17. The van der Waals surface area contributed by atoms with Crippen molar-refractivity contribution >= 4 is 0 Å². The molecule has 5 heteroatoms. The fourth-order valence-electron chi connectivity index (χ4n) is 7.52. The zero-order valence-electron chi connectivity index (χ0n) is 20.9. The molecule has 0 aromatic heterocycles. The normalized spacial score (nSPS) is 46.4. The molecular formula is C26H48N5+. The van der Waals surface area contributed by atoms with Gasteiger partial charge in [0.05, 0.1) is 19.9 Å². The number of quaternary nitrogens is 1. The molecule has 0 bridgehead atoms. The average Bonchev–Trinajstić information content (AvgIpc) is 3.07. The van der Waals surface area contributed by atoms with Crippen molar-refractivity contribution in [1.29, 1.82) is 0 Å². The molecule has 0 amide bonds. The third-order valence-corrected chi connectivity index (χ3v) is 10.1. The van der Waals surface area contributed by atoms with E-state index in [-0.39, 0.29) is 6.17 Å². The Morgan fingerprint density at radius 2 is 2.10 bits per heavy atom. The van der Waals surface area contributed by atoms with E-state index < -0.39 is 0 Å². The van der Waals surface area contributed by atoms with Gasteiger partial charge in [0.2, 0.25) is 0 Å². The van der Waals surface area contributed by atoms with Crippen molar-refractivity contribution in [2.75, 3.05) is 26.9 Å². The van der Waals surface area contributed by atoms with E-state index in [4.69, 9.17) is 5.73 Å². The third-order valence-electron chi connectivity index (χ3n) is 10.1. The number of hydrogen-bond donors (Lipinski definition) is 4. The van der Waals surface area contributed by atoms with Crippen molar-refractivity contribution in [2.24, 2.45) is 28.4 Å². The van der Waals surface area contributed by atoms with Crippen molar-refractivity contribution in [3.05, 3.63) is 23.3 Å². The van der Waals surface area contributed by atoms with Crippen LogP contribution >= 0.6 is 0 Å². The van der Waals surface area contributed by atoms with Crippen LogP contribution in [0.5, 0.6) is 0 Å². The number of fused-ring (bicyclic) bond motifs is 2. The van der Waals surface area contributed by atoms with Crippen LogP contribution in [0.2, 0.25) is 0 Å². The second kappa shape index (κ2) is 8.90. The Balaban J connectivity index is 1.40.